The molecule has 3 rings (SSSR count). The average Bonchev–Trinajstić information content (AvgIpc) is 2.76. The Kier molecular flexibility index (Phi) is 4.53. The molecule has 2 nitrogen and oxygen atoms in total. The van der Waals surface area contributed by atoms with Gasteiger partial charge in [-0.2, -0.15) is 11.8 Å². The molecule has 3 aliphatic heterocycles. The van der Waals surface area contributed by atoms with Gasteiger partial charge in [0.25, 0.3) is 0 Å². The van der Waals surface area contributed by atoms with Crippen molar-refractivity contribution in [3.8, 4) is 0 Å². The van der Waals surface area contributed by atoms with Crippen LogP contribution in [0.1, 0.15) is 51.9 Å². The molecule has 0 radical (unpaired) electrons. The monoisotopic (exact) mass is 268 g/mol. The van der Waals surface area contributed by atoms with Crippen LogP contribution in [0.2, 0.25) is 0 Å². The zero-order valence-electron chi connectivity index (χ0n) is 11.7. The third-order valence-corrected chi connectivity index (χ3v) is 6.11. The molecule has 0 aliphatic carbocycles. The van der Waals surface area contributed by atoms with Crippen LogP contribution in [-0.4, -0.2) is 47.1 Å². The van der Waals surface area contributed by atoms with E-state index in [0.717, 1.165) is 24.2 Å². The van der Waals surface area contributed by atoms with Gasteiger partial charge in [-0.05, 0) is 63.0 Å². The van der Waals surface area contributed by atoms with Crippen molar-refractivity contribution in [2.45, 2.75) is 76.0 Å². The van der Waals surface area contributed by atoms with Gasteiger partial charge in [-0.1, -0.05) is 6.92 Å². The standard InChI is InChI=1S/C15H28N2S/c1-2-7-17(14-5-8-18-9-6-14)15-10-12-3-4-13(11-15)16-12/h12-16H,2-11H2,1H3. The summed E-state index contributed by atoms with van der Waals surface area (Å²) >= 11 is 2.16. The molecular weight excluding hydrogens is 240 g/mol. The van der Waals surface area contributed by atoms with Crippen LogP contribution in [0.5, 0.6) is 0 Å². The lowest BCUT2D eigenvalue weighted by atomic mass is 9.95. The lowest BCUT2D eigenvalue weighted by molar-refractivity contribution is 0.0883. The van der Waals surface area contributed by atoms with Crippen LogP contribution in [0.3, 0.4) is 0 Å². The highest BCUT2D eigenvalue weighted by Crippen LogP contribution is 2.33. The van der Waals surface area contributed by atoms with Crippen LogP contribution < -0.4 is 5.32 Å². The van der Waals surface area contributed by atoms with Gasteiger partial charge in [-0.25, -0.2) is 0 Å². The van der Waals surface area contributed by atoms with Crippen LogP contribution >= 0.6 is 11.8 Å². The van der Waals surface area contributed by atoms with Crippen LogP contribution in [0.25, 0.3) is 0 Å². The minimum atomic E-state index is 0.839. The Morgan fingerprint density at radius 3 is 2.28 bits per heavy atom. The Balaban J connectivity index is 1.64. The number of piperidine rings is 1. The van der Waals surface area contributed by atoms with E-state index in [1.54, 1.807) is 0 Å². The second-order valence-corrected chi connectivity index (χ2v) is 7.57. The minimum absolute atomic E-state index is 0.839. The molecule has 0 spiro atoms. The molecule has 3 heterocycles. The van der Waals surface area contributed by atoms with Crippen molar-refractivity contribution in [1.29, 1.82) is 0 Å². The summed E-state index contributed by atoms with van der Waals surface area (Å²) in [4.78, 5) is 2.91. The average molecular weight is 268 g/mol. The molecule has 2 unspecified atom stereocenters. The number of thioether (sulfide) groups is 1. The van der Waals surface area contributed by atoms with E-state index in [-0.39, 0.29) is 0 Å². The Labute approximate surface area is 116 Å². The van der Waals surface area contributed by atoms with Gasteiger partial charge in [-0.15, -0.1) is 0 Å². The smallest absolute Gasteiger partial charge is 0.0128 e. The maximum absolute atomic E-state index is 3.79. The molecule has 3 heteroatoms. The van der Waals surface area contributed by atoms with E-state index in [0.29, 0.717) is 0 Å². The molecule has 0 saturated carbocycles. The minimum Gasteiger partial charge on any atom is -0.311 e. The van der Waals surface area contributed by atoms with Crippen molar-refractivity contribution in [2.75, 3.05) is 18.1 Å². The highest BCUT2D eigenvalue weighted by molar-refractivity contribution is 7.99. The predicted molar refractivity (Wildman–Crippen MR) is 80.3 cm³/mol. The van der Waals surface area contributed by atoms with Crippen molar-refractivity contribution in [3.05, 3.63) is 0 Å². The lowest BCUT2D eigenvalue weighted by Gasteiger charge is -2.43. The van der Waals surface area contributed by atoms with Crippen LogP contribution in [0, 0.1) is 0 Å². The first-order valence-electron chi connectivity index (χ1n) is 7.96. The lowest BCUT2D eigenvalue weighted by Crippen LogP contribution is -2.52. The summed E-state index contributed by atoms with van der Waals surface area (Å²) in [5.41, 5.74) is 0. The summed E-state index contributed by atoms with van der Waals surface area (Å²) in [5, 5.41) is 3.79. The maximum Gasteiger partial charge on any atom is 0.0128 e. The fourth-order valence-electron chi connectivity index (χ4n) is 4.24. The molecule has 1 N–H and O–H groups in total. The Bertz CT molecular complexity index is 253. The quantitative estimate of drug-likeness (QED) is 0.844. The fourth-order valence-corrected chi connectivity index (χ4v) is 5.32. The topological polar surface area (TPSA) is 15.3 Å². The number of rotatable bonds is 4. The summed E-state index contributed by atoms with van der Waals surface area (Å²) < 4.78 is 0. The molecule has 104 valence electrons. The molecule has 18 heavy (non-hydrogen) atoms. The number of nitrogens with zero attached hydrogens (tertiary/aromatic N) is 1. The van der Waals surface area contributed by atoms with Gasteiger partial charge in [0, 0.05) is 24.2 Å². The maximum atomic E-state index is 3.79. The number of hydrogen-bond acceptors (Lipinski definition) is 3. The third kappa shape index (κ3) is 2.88. The van der Waals surface area contributed by atoms with Crippen molar-refractivity contribution in [1.82, 2.24) is 10.2 Å². The van der Waals surface area contributed by atoms with Gasteiger partial charge >= 0.3 is 0 Å². The highest BCUT2D eigenvalue weighted by atomic mass is 32.2. The van der Waals surface area contributed by atoms with E-state index in [1.807, 2.05) is 0 Å². The van der Waals surface area contributed by atoms with Crippen molar-refractivity contribution in [2.24, 2.45) is 0 Å². The van der Waals surface area contributed by atoms with E-state index in [4.69, 9.17) is 0 Å². The molecule has 0 aromatic heterocycles. The fraction of sp³-hybridized carbons (Fsp3) is 1.00. The Morgan fingerprint density at radius 2 is 1.67 bits per heavy atom. The Morgan fingerprint density at radius 1 is 1.00 bits per heavy atom. The Hall–Kier alpha value is 0.270. The molecule has 2 bridgehead atoms. The van der Waals surface area contributed by atoms with Crippen molar-refractivity contribution >= 4 is 11.8 Å². The summed E-state index contributed by atoms with van der Waals surface area (Å²) in [7, 11) is 0. The number of fused-ring (bicyclic) bond motifs is 2. The van der Waals surface area contributed by atoms with E-state index < -0.39 is 0 Å². The summed E-state index contributed by atoms with van der Waals surface area (Å²) in [6.45, 7) is 3.68. The molecule has 3 aliphatic rings. The highest BCUT2D eigenvalue weighted by Gasteiger charge is 2.37. The predicted octanol–water partition coefficient (Wildman–Crippen LogP) is 2.88. The first-order chi connectivity index (χ1) is 8.86. The number of hydrogen-bond donors (Lipinski definition) is 1. The van der Waals surface area contributed by atoms with Crippen LogP contribution in [0.4, 0.5) is 0 Å². The second kappa shape index (κ2) is 6.15. The van der Waals surface area contributed by atoms with E-state index in [9.17, 15) is 0 Å². The van der Waals surface area contributed by atoms with E-state index in [1.165, 1.54) is 63.0 Å². The largest absolute Gasteiger partial charge is 0.311 e. The van der Waals surface area contributed by atoms with E-state index in [2.05, 4.69) is 28.9 Å². The molecule has 0 aromatic carbocycles. The van der Waals surface area contributed by atoms with Gasteiger partial charge in [0.1, 0.15) is 0 Å². The van der Waals surface area contributed by atoms with Crippen LogP contribution in [-0.2, 0) is 0 Å². The van der Waals surface area contributed by atoms with Gasteiger partial charge in [-0.3, -0.25) is 4.90 Å². The molecule has 0 aromatic rings. The zero-order chi connectivity index (χ0) is 12.4. The zero-order valence-corrected chi connectivity index (χ0v) is 12.6. The SMILES string of the molecule is CCCN(C1CCSCC1)C1CC2CCC(C1)N2. The molecule has 0 amide bonds. The van der Waals surface area contributed by atoms with Gasteiger partial charge in [0.05, 0.1) is 0 Å². The molecule has 3 saturated heterocycles. The summed E-state index contributed by atoms with van der Waals surface area (Å²) in [5.74, 6) is 2.78. The first-order valence-corrected chi connectivity index (χ1v) is 9.12. The van der Waals surface area contributed by atoms with Crippen molar-refractivity contribution < 1.29 is 0 Å². The summed E-state index contributed by atoms with van der Waals surface area (Å²) in [6, 6.07) is 3.46. The second-order valence-electron chi connectivity index (χ2n) is 6.34. The summed E-state index contributed by atoms with van der Waals surface area (Å²) in [6.07, 6.45) is 9.89. The molecule has 2 atom stereocenters. The number of nitrogens with one attached hydrogen (secondary N) is 1. The first kappa shape index (κ1) is 13.3. The van der Waals surface area contributed by atoms with Gasteiger partial charge < -0.3 is 5.32 Å². The van der Waals surface area contributed by atoms with Crippen molar-refractivity contribution in [3.63, 3.8) is 0 Å². The van der Waals surface area contributed by atoms with Gasteiger partial charge in [0.15, 0.2) is 0 Å². The van der Waals surface area contributed by atoms with Gasteiger partial charge in [0.2, 0.25) is 0 Å². The molecule has 3 fully saturated rings. The molecular formula is C15H28N2S. The van der Waals surface area contributed by atoms with Crippen LogP contribution in [0.15, 0.2) is 0 Å². The normalized spacial score (nSPS) is 37.3. The third-order valence-electron chi connectivity index (χ3n) is 5.06. The van der Waals surface area contributed by atoms with E-state index >= 15 is 0 Å².